The molecule has 2 rings (SSSR count). The highest BCUT2D eigenvalue weighted by Gasteiger charge is 2.05. The largest absolute Gasteiger partial charge is 0.361 e. The maximum absolute atomic E-state index is 12.3. The number of aromatic nitrogens is 1. The zero-order valence-corrected chi connectivity index (χ0v) is 8.35. The Labute approximate surface area is 87.7 Å². The van der Waals surface area contributed by atoms with Crippen molar-refractivity contribution in [2.45, 2.75) is 6.04 Å². The number of benzene rings is 1. The topological polar surface area (TPSA) is 41.8 Å². The lowest BCUT2D eigenvalue weighted by Gasteiger charge is -2.06. The first-order valence-electron chi connectivity index (χ1n) is 4.20. The number of aromatic amines is 1. The highest BCUT2D eigenvalue weighted by Crippen LogP contribution is 2.18. The number of alkyl halides is 1. The van der Waals surface area contributed by atoms with E-state index < -0.39 is 12.7 Å². The van der Waals surface area contributed by atoms with Crippen molar-refractivity contribution in [3.8, 4) is 0 Å². The van der Waals surface area contributed by atoms with Crippen molar-refractivity contribution in [1.29, 1.82) is 0 Å². The minimum Gasteiger partial charge on any atom is -0.361 e. The smallest absolute Gasteiger partial charge is 0.109 e. The Kier molecular flexibility index (Phi) is 3.49. The highest BCUT2D eigenvalue weighted by atomic mass is 35.5. The van der Waals surface area contributed by atoms with Crippen molar-refractivity contribution in [1.82, 2.24) is 4.98 Å². The third kappa shape index (κ3) is 1.89. The molecule has 0 unspecified atom stereocenters. The van der Waals surface area contributed by atoms with Gasteiger partial charge in [0.2, 0.25) is 0 Å². The first-order chi connectivity index (χ1) is 6.31. The first kappa shape index (κ1) is 11.0. The van der Waals surface area contributed by atoms with E-state index in [0.29, 0.717) is 0 Å². The summed E-state index contributed by atoms with van der Waals surface area (Å²) in [6.45, 7) is -0.522. The number of H-pyrrole nitrogens is 1. The summed E-state index contributed by atoms with van der Waals surface area (Å²) in [6.07, 6.45) is 1.86. The van der Waals surface area contributed by atoms with Crippen LogP contribution >= 0.6 is 12.4 Å². The number of hydrogen-bond acceptors (Lipinski definition) is 1. The third-order valence-corrected chi connectivity index (χ3v) is 2.17. The average molecular weight is 215 g/mol. The highest BCUT2D eigenvalue weighted by molar-refractivity contribution is 5.85. The first-order valence-corrected chi connectivity index (χ1v) is 4.20. The van der Waals surface area contributed by atoms with E-state index in [0.717, 1.165) is 16.5 Å². The van der Waals surface area contributed by atoms with Crippen LogP contribution in [0.1, 0.15) is 11.6 Å². The van der Waals surface area contributed by atoms with Crippen LogP contribution in [0.15, 0.2) is 30.5 Å². The maximum Gasteiger partial charge on any atom is 0.109 e. The molecule has 1 aromatic carbocycles. The average Bonchev–Trinajstić information content (AvgIpc) is 2.63. The Bertz CT molecular complexity index is 413. The molecule has 76 valence electrons. The van der Waals surface area contributed by atoms with E-state index in [1.807, 2.05) is 30.5 Å². The Morgan fingerprint density at radius 3 is 2.86 bits per heavy atom. The molecule has 0 saturated carbocycles. The number of nitrogens with two attached hydrogens (primary N) is 1. The van der Waals surface area contributed by atoms with Crippen molar-refractivity contribution in [3.63, 3.8) is 0 Å². The summed E-state index contributed by atoms with van der Waals surface area (Å²) < 4.78 is 12.3. The fourth-order valence-corrected chi connectivity index (χ4v) is 1.39. The standard InChI is InChI=1S/C10H11FN2.ClH/c11-6-9(12)8-2-1-7-3-4-13-10(7)5-8;/h1-5,9,13H,6,12H2;1H/t9-;/m0./s1. The number of rotatable bonds is 2. The van der Waals surface area contributed by atoms with Gasteiger partial charge in [-0.15, -0.1) is 12.4 Å². The molecule has 0 radical (unpaired) electrons. The van der Waals surface area contributed by atoms with Crippen LogP contribution in [0.5, 0.6) is 0 Å². The molecule has 1 heterocycles. The molecule has 0 aliphatic heterocycles. The Morgan fingerprint density at radius 2 is 2.14 bits per heavy atom. The molecule has 3 N–H and O–H groups in total. The van der Waals surface area contributed by atoms with Gasteiger partial charge in [-0.05, 0) is 23.1 Å². The number of halogens is 2. The van der Waals surface area contributed by atoms with E-state index >= 15 is 0 Å². The molecule has 0 bridgehead atoms. The van der Waals surface area contributed by atoms with Crippen LogP contribution in [0.3, 0.4) is 0 Å². The zero-order valence-electron chi connectivity index (χ0n) is 7.53. The van der Waals surface area contributed by atoms with Gasteiger partial charge in [0.15, 0.2) is 0 Å². The normalized spacial score (nSPS) is 12.4. The number of nitrogens with one attached hydrogen (secondary N) is 1. The Morgan fingerprint density at radius 1 is 1.36 bits per heavy atom. The van der Waals surface area contributed by atoms with Crippen molar-refractivity contribution in [2.75, 3.05) is 6.67 Å². The van der Waals surface area contributed by atoms with Gasteiger partial charge in [0.05, 0.1) is 6.04 Å². The molecule has 2 nitrogen and oxygen atoms in total. The van der Waals surface area contributed by atoms with Gasteiger partial charge in [0, 0.05) is 11.7 Å². The second-order valence-electron chi connectivity index (χ2n) is 3.09. The van der Waals surface area contributed by atoms with Crippen molar-refractivity contribution in [3.05, 3.63) is 36.0 Å². The van der Waals surface area contributed by atoms with Gasteiger partial charge < -0.3 is 10.7 Å². The Hall–Kier alpha value is -1.06. The van der Waals surface area contributed by atoms with E-state index in [2.05, 4.69) is 4.98 Å². The summed E-state index contributed by atoms with van der Waals surface area (Å²) in [5.74, 6) is 0. The summed E-state index contributed by atoms with van der Waals surface area (Å²) in [6, 6.07) is 7.16. The van der Waals surface area contributed by atoms with Crippen LogP contribution in [-0.2, 0) is 0 Å². The van der Waals surface area contributed by atoms with E-state index in [-0.39, 0.29) is 12.4 Å². The second kappa shape index (κ2) is 4.44. The molecule has 0 spiro atoms. The van der Waals surface area contributed by atoms with Crippen LogP contribution in [0, 0.1) is 0 Å². The van der Waals surface area contributed by atoms with Gasteiger partial charge in [-0.2, -0.15) is 0 Å². The summed E-state index contributed by atoms with van der Waals surface area (Å²) in [5.41, 5.74) is 7.40. The maximum atomic E-state index is 12.3. The minimum absolute atomic E-state index is 0. The number of fused-ring (bicyclic) bond motifs is 1. The van der Waals surface area contributed by atoms with Crippen molar-refractivity contribution in [2.24, 2.45) is 5.73 Å². The van der Waals surface area contributed by atoms with Crippen LogP contribution in [-0.4, -0.2) is 11.7 Å². The van der Waals surface area contributed by atoms with Gasteiger partial charge in [0.1, 0.15) is 6.67 Å². The molecule has 0 fully saturated rings. The molecule has 0 aliphatic carbocycles. The van der Waals surface area contributed by atoms with Gasteiger partial charge in [-0.3, -0.25) is 0 Å². The predicted molar refractivity (Wildman–Crippen MR) is 58.5 cm³/mol. The fourth-order valence-electron chi connectivity index (χ4n) is 1.39. The third-order valence-electron chi connectivity index (χ3n) is 2.17. The molecule has 14 heavy (non-hydrogen) atoms. The van der Waals surface area contributed by atoms with Crippen LogP contribution in [0.2, 0.25) is 0 Å². The summed E-state index contributed by atoms with van der Waals surface area (Å²) in [5, 5.41) is 1.12. The molecular formula is C10H12ClFN2. The van der Waals surface area contributed by atoms with Crippen LogP contribution in [0.4, 0.5) is 4.39 Å². The minimum atomic E-state index is -0.522. The van der Waals surface area contributed by atoms with Gasteiger partial charge in [-0.1, -0.05) is 12.1 Å². The lowest BCUT2D eigenvalue weighted by atomic mass is 10.1. The SMILES string of the molecule is Cl.N[C@@H](CF)c1ccc2cc[nH]c2c1. The summed E-state index contributed by atoms with van der Waals surface area (Å²) in [4.78, 5) is 3.06. The van der Waals surface area contributed by atoms with Gasteiger partial charge in [0.25, 0.3) is 0 Å². The molecule has 0 saturated heterocycles. The van der Waals surface area contributed by atoms with E-state index in [1.54, 1.807) is 0 Å². The van der Waals surface area contributed by atoms with E-state index in [9.17, 15) is 4.39 Å². The molecule has 1 aromatic heterocycles. The summed E-state index contributed by atoms with van der Waals surface area (Å²) in [7, 11) is 0. The monoisotopic (exact) mass is 214 g/mol. The molecule has 1 atom stereocenters. The van der Waals surface area contributed by atoms with Crippen molar-refractivity contribution < 1.29 is 4.39 Å². The molecule has 0 amide bonds. The quantitative estimate of drug-likeness (QED) is 0.793. The van der Waals surface area contributed by atoms with Crippen LogP contribution in [0.25, 0.3) is 10.9 Å². The molecule has 2 aromatic rings. The van der Waals surface area contributed by atoms with E-state index in [4.69, 9.17) is 5.73 Å². The molecule has 0 aliphatic rings. The van der Waals surface area contributed by atoms with Gasteiger partial charge >= 0.3 is 0 Å². The van der Waals surface area contributed by atoms with Gasteiger partial charge in [-0.25, -0.2) is 4.39 Å². The van der Waals surface area contributed by atoms with Crippen molar-refractivity contribution >= 4 is 23.3 Å². The number of hydrogen-bond donors (Lipinski definition) is 2. The molecule has 4 heteroatoms. The predicted octanol–water partition coefficient (Wildman–Crippen LogP) is 2.56. The lowest BCUT2D eigenvalue weighted by molar-refractivity contribution is 0.437. The van der Waals surface area contributed by atoms with E-state index in [1.165, 1.54) is 0 Å². The molecular weight excluding hydrogens is 203 g/mol. The Balaban J connectivity index is 0.000000980. The second-order valence-corrected chi connectivity index (χ2v) is 3.09. The fraction of sp³-hybridized carbons (Fsp3) is 0.200. The van der Waals surface area contributed by atoms with Crippen LogP contribution < -0.4 is 5.73 Å². The lowest BCUT2D eigenvalue weighted by Crippen LogP contribution is -2.11. The zero-order chi connectivity index (χ0) is 9.26. The summed E-state index contributed by atoms with van der Waals surface area (Å²) >= 11 is 0.